The van der Waals surface area contributed by atoms with Gasteiger partial charge < -0.3 is 24.4 Å². The summed E-state index contributed by atoms with van der Waals surface area (Å²) in [5, 5.41) is 18.6. The summed E-state index contributed by atoms with van der Waals surface area (Å²) in [4.78, 5) is 0. The summed E-state index contributed by atoms with van der Waals surface area (Å²) in [5.41, 5.74) is 0. The van der Waals surface area contributed by atoms with E-state index in [0.29, 0.717) is 19.8 Å². The third-order valence-corrected chi connectivity index (χ3v) is 5.61. The molecule has 0 radical (unpaired) electrons. The van der Waals surface area contributed by atoms with Gasteiger partial charge in [-0.15, -0.1) is 0 Å². The van der Waals surface area contributed by atoms with Crippen LogP contribution >= 0.6 is 0 Å². The molecule has 0 heterocycles. The monoisotopic (exact) mass is 458 g/mol. The number of aliphatic hydroxyl groups excluding tert-OH is 2. The molecular formula is C27H54O5. The lowest BCUT2D eigenvalue weighted by Crippen LogP contribution is -2.22. The lowest BCUT2D eigenvalue weighted by Gasteiger charge is -2.12. The Kier molecular flexibility index (Phi) is 28.2. The average Bonchev–Trinajstić information content (AvgIpc) is 2.80. The molecule has 0 rings (SSSR count). The third kappa shape index (κ3) is 27.6. The molecule has 0 aromatic heterocycles. The lowest BCUT2D eigenvalue weighted by atomic mass is 10.1. The summed E-state index contributed by atoms with van der Waals surface area (Å²) in [7, 11) is 1.78. The first kappa shape index (κ1) is 31.5. The van der Waals surface area contributed by atoms with Crippen LogP contribution in [0.2, 0.25) is 0 Å². The Morgan fingerprint density at radius 1 is 0.562 bits per heavy atom. The molecule has 0 aliphatic carbocycles. The maximum Gasteiger partial charge on any atom is 0.101 e. The summed E-state index contributed by atoms with van der Waals surface area (Å²) >= 11 is 0. The van der Waals surface area contributed by atoms with E-state index in [1.165, 1.54) is 77.0 Å². The Hall–Kier alpha value is -0.460. The molecule has 32 heavy (non-hydrogen) atoms. The molecule has 0 amide bonds. The minimum Gasteiger partial charge on any atom is -0.396 e. The maximum atomic E-state index is 9.84. The van der Waals surface area contributed by atoms with Crippen molar-refractivity contribution in [2.24, 2.45) is 0 Å². The standard InChI is InChI=1S/C27H54O5/c1-30-22-18-14-11-9-7-5-3-2-4-6-8-10-12-15-19-23-31-25-27(29)26-32-24-20-16-13-17-21-28/h2-3,27-29H,4-26H2,1H3. The zero-order chi connectivity index (χ0) is 23.4. The molecule has 0 bridgehead atoms. The number of unbranched alkanes of at least 4 members (excludes halogenated alkanes) is 14. The van der Waals surface area contributed by atoms with E-state index in [4.69, 9.17) is 19.3 Å². The average molecular weight is 459 g/mol. The first-order chi connectivity index (χ1) is 15.8. The van der Waals surface area contributed by atoms with Crippen LogP contribution in [0.3, 0.4) is 0 Å². The SMILES string of the molecule is COCCCCCCCC=CCCCCCCCCOCC(O)COCCCCCCO. The van der Waals surface area contributed by atoms with Gasteiger partial charge in [-0.2, -0.15) is 0 Å². The predicted octanol–water partition coefficient (Wildman–Crippen LogP) is 6.21. The minimum absolute atomic E-state index is 0.269. The number of methoxy groups -OCH3 is 1. The van der Waals surface area contributed by atoms with E-state index in [-0.39, 0.29) is 6.61 Å². The Balaban J connectivity index is 3.16. The molecule has 1 atom stereocenters. The van der Waals surface area contributed by atoms with Crippen molar-refractivity contribution in [1.29, 1.82) is 0 Å². The number of ether oxygens (including phenoxy) is 3. The lowest BCUT2D eigenvalue weighted by molar-refractivity contribution is -0.0201. The van der Waals surface area contributed by atoms with E-state index in [2.05, 4.69) is 12.2 Å². The molecule has 0 aromatic carbocycles. The molecule has 5 heteroatoms. The van der Waals surface area contributed by atoms with Crippen LogP contribution < -0.4 is 0 Å². The molecule has 0 fully saturated rings. The smallest absolute Gasteiger partial charge is 0.101 e. The van der Waals surface area contributed by atoms with E-state index >= 15 is 0 Å². The van der Waals surface area contributed by atoms with Crippen LogP contribution in [-0.2, 0) is 14.2 Å². The van der Waals surface area contributed by atoms with Gasteiger partial charge in [-0.05, 0) is 51.4 Å². The van der Waals surface area contributed by atoms with Crippen molar-refractivity contribution in [3.05, 3.63) is 12.2 Å². The fourth-order valence-corrected chi connectivity index (χ4v) is 3.60. The molecule has 0 aliphatic rings. The van der Waals surface area contributed by atoms with Crippen LogP contribution in [0, 0.1) is 0 Å². The van der Waals surface area contributed by atoms with Crippen LogP contribution in [0.15, 0.2) is 12.2 Å². The van der Waals surface area contributed by atoms with E-state index in [0.717, 1.165) is 45.3 Å². The van der Waals surface area contributed by atoms with Gasteiger partial charge in [0.2, 0.25) is 0 Å². The Bertz CT molecular complexity index is 362. The van der Waals surface area contributed by atoms with Crippen molar-refractivity contribution in [2.75, 3.05) is 46.8 Å². The molecule has 192 valence electrons. The number of rotatable bonds is 27. The van der Waals surface area contributed by atoms with Crippen LogP contribution in [-0.4, -0.2) is 63.1 Å². The molecule has 5 nitrogen and oxygen atoms in total. The normalized spacial score (nSPS) is 12.7. The molecule has 0 aliphatic heterocycles. The minimum atomic E-state index is -0.526. The van der Waals surface area contributed by atoms with Gasteiger partial charge in [-0.3, -0.25) is 0 Å². The van der Waals surface area contributed by atoms with Crippen LogP contribution in [0.4, 0.5) is 0 Å². The van der Waals surface area contributed by atoms with Gasteiger partial charge in [-0.25, -0.2) is 0 Å². The topological polar surface area (TPSA) is 68.2 Å². The quantitative estimate of drug-likeness (QED) is 0.113. The van der Waals surface area contributed by atoms with Crippen molar-refractivity contribution in [2.45, 2.75) is 115 Å². The second-order valence-electron chi connectivity index (χ2n) is 8.87. The second-order valence-corrected chi connectivity index (χ2v) is 8.87. The summed E-state index contributed by atoms with van der Waals surface area (Å²) < 4.78 is 16.1. The Labute approximate surface area is 198 Å². The Morgan fingerprint density at radius 3 is 1.44 bits per heavy atom. The van der Waals surface area contributed by atoms with Crippen molar-refractivity contribution >= 4 is 0 Å². The predicted molar refractivity (Wildman–Crippen MR) is 134 cm³/mol. The van der Waals surface area contributed by atoms with Crippen molar-refractivity contribution in [3.63, 3.8) is 0 Å². The fourth-order valence-electron chi connectivity index (χ4n) is 3.60. The number of allylic oxidation sites excluding steroid dienone is 2. The molecule has 0 aromatic rings. The van der Waals surface area contributed by atoms with Crippen molar-refractivity contribution in [3.8, 4) is 0 Å². The van der Waals surface area contributed by atoms with Gasteiger partial charge in [-0.1, -0.05) is 69.9 Å². The van der Waals surface area contributed by atoms with Gasteiger partial charge in [0.05, 0.1) is 13.2 Å². The largest absolute Gasteiger partial charge is 0.396 e. The van der Waals surface area contributed by atoms with Crippen molar-refractivity contribution < 1.29 is 24.4 Å². The highest BCUT2D eigenvalue weighted by Crippen LogP contribution is 2.09. The molecule has 0 saturated carbocycles. The van der Waals surface area contributed by atoms with E-state index in [1.807, 2.05) is 0 Å². The fraction of sp³-hybridized carbons (Fsp3) is 0.926. The highest BCUT2D eigenvalue weighted by Gasteiger charge is 2.04. The zero-order valence-corrected chi connectivity index (χ0v) is 21.1. The number of aliphatic hydroxyl groups is 2. The summed E-state index contributed by atoms with van der Waals surface area (Å²) in [6.07, 6.45) is 24.6. The molecule has 2 N–H and O–H groups in total. The van der Waals surface area contributed by atoms with Crippen molar-refractivity contribution in [1.82, 2.24) is 0 Å². The molecule has 0 spiro atoms. The first-order valence-electron chi connectivity index (χ1n) is 13.4. The number of hydrogen-bond donors (Lipinski definition) is 2. The highest BCUT2D eigenvalue weighted by molar-refractivity contribution is 4.81. The molecule has 0 saturated heterocycles. The maximum absolute atomic E-state index is 9.84. The highest BCUT2D eigenvalue weighted by atomic mass is 16.5. The summed E-state index contributed by atoms with van der Waals surface area (Å²) in [5.74, 6) is 0. The van der Waals surface area contributed by atoms with E-state index < -0.39 is 6.10 Å². The van der Waals surface area contributed by atoms with Gasteiger partial charge in [0.15, 0.2) is 0 Å². The van der Waals surface area contributed by atoms with E-state index in [1.54, 1.807) is 7.11 Å². The Morgan fingerprint density at radius 2 is 0.969 bits per heavy atom. The second kappa shape index (κ2) is 28.6. The zero-order valence-electron chi connectivity index (χ0n) is 21.1. The van der Waals surface area contributed by atoms with Crippen LogP contribution in [0.5, 0.6) is 0 Å². The molecule has 1 unspecified atom stereocenters. The van der Waals surface area contributed by atoms with Gasteiger partial charge >= 0.3 is 0 Å². The van der Waals surface area contributed by atoms with Gasteiger partial charge in [0.1, 0.15) is 6.10 Å². The summed E-state index contributed by atoms with van der Waals surface area (Å²) in [6, 6.07) is 0. The van der Waals surface area contributed by atoms with Gasteiger partial charge in [0.25, 0.3) is 0 Å². The van der Waals surface area contributed by atoms with Gasteiger partial charge in [0, 0.05) is 33.5 Å². The third-order valence-electron chi connectivity index (χ3n) is 5.61. The van der Waals surface area contributed by atoms with E-state index in [9.17, 15) is 5.11 Å². The number of hydrogen-bond acceptors (Lipinski definition) is 5. The first-order valence-corrected chi connectivity index (χ1v) is 13.4. The molecular weight excluding hydrogens is 404 g/mol. The van der Waals surface area contributed by atoms with Crippen LogP contribution in [0.25, 0.3) is 0 Å². The summed E-state index contributed by atoms with van der Waals surface area (Å²) in [6.45, 7) is 3.29. The van der Waals surface area contributed by atoms with Crippen LogP contribution in [0.1, 0.15) is 109 Å².